The number of carboxylic acids is 1. The largest absolute Gasteiger partial charge is 0.476 e. The topological polar surface area (TPSA) is 101 Å². The molecule has 0 bridgehead atoms. The second-order valence-corrected chi connectivity index (χ2v) is 4.32. The van der Waals surface area contributed by atoms with Crippen LogP contribution in [0.5, 0.6) is 0 Å². The molecule has 0 saturated carbocycles. The Balaban J connectivity index is 3.20. The van der Waals surface area contributed by atoms with Gasteiger partial charge < -0.3 is 16.3 Å². The van der Waals surface area contributed by atoms with E-state index in [1.165, 1.54) is 0 Å². The molecule has 1 aromatic heterocycles. The van der Waals surface area contributed by atoms with Crippen LogP contribution in [0.2, 0.25) is 0 Å². The number of amidine groups is 1. The zero-order chi connectivity index (χ0) is 13.7. The first kappa shape index (κ1) is 14.0. The SMILES string of the molecule is CNN=C(N)c1ccc(CC(C)C)nc1C(=O)O. The highest BCUT2D eigenvalue weighted by Crippen LogP contribution is 2.11. The molecule has 0 aliphatic heterocycles. The maximum absolute atomic E-state index is 11.2. The summed E-state index contributed by atoms with van der Waals surface area (Å²) in [5, 5.41) is 12.9. The molecule has 0 aliphatic carbocycles. The minimum absolute atomic E-state index is 0.0651. The fourth-order valence-corrected chi connectivity index (χ4v) is 1.58. The van der Waals surface area contributed by atoms with Crippen LogP contribution in [0, 0.1) is 5.92 Å². The molecular formula is C12H18N4O2. The Kier molecular flexibility index (Phi) is 4.65. The Hall–Kier alpha value is -2.11. The first-order valence-corrected chi connectivity index (χ1v) is 5.69. The predicted octanol–water partition coefficient (Wildman–Crippen LogP) is 0.818. The highest BCUT2D eigenvalue weighted by Gasteiger charge is 2.16. The smallest absolute Gasteiger partial charge is 0.355 e. The number of carboxylic acid groups (broad SMARTS) is 1. The van der Waals surface area contributed by atoms with Crippen LogP contribution < -0.4 is 11.2 Å². The minimum atomic E-state index is -1.11. The molecule has 0 unspecified atom stereocenters. The van der Waals surface area contributed by atoms with E-state index in [2.05, 4.69) is 15.5 Å². The number of rotatable bonds is 5. The molecule has 0 aromatic carbocycles. The lowest BCUT2D eigenvalue weighted by Crippen LogP contribution is -2.22. The van der Waals surface area contributed by atoms with Gasteiger partial charge in [-0.15, -0.1) is 0 Å². The van der Waals surface area contributed by atoms with Gasteiger partial charge in [0.15, 0.2) is 11.5 Å². The van der Waals surface area contributed by atoms with Gasteiger partial charge in [0.2, 0.25) is 0 Å². The number of nitrogens with one attached hydrogen (secondary N) is 1. The van der Waals surface area contributed by atoms with Gasteiger partial charge in [-0.3, -0.25) is 0 Å². The third-order valence-electron chi connectivity index (χ3n) is 2.28. The second kappa shape index (κ2) is 6.00. The van der Waals surface area contributed by atoms with Crippen LogP contribution in [-0.4, -0.2) is 28.9 Å². The number of aromatic carboxylic acids is 1. The van der Waals surface area contributed by atoms with Crippen molar-refractivity contribution in [1.29, 1.82) is 0 Å². The molecule has 1 aromatic rings. The number of hydrogen-bond donors (Lipinski definition) is 3. The molecule has 0 radical (unpaired) electrons. The lowest BCUT2D eigenvalue weighted by Gasteiger charge is -2.09. The third kappa shape index (κ3) is 3.44. The fraction of sp³-hybridized carbons (Fsp3) is 0.417. The van der Waals surface area contributed by atoms with Gasteiger partial charge in [-0.05, 0) is 24.5 Å². The first-order valence-electron chi connectivity index (χ1n) is 5.69. The number of hydrazone groups is 1. The van der Waals surface area contributed by atoms with Crippen molar-refractivity contribution in [2.75, 3.05) is 7.05 Å². The van der Waals surface area contributed by atoms with Crippen molar-refractivity contribution < 1.29 is 9.90 Å². The van der Waals surface area contributed by atoms with E-state index in [0.29, 0.717) is 11.5 Å². The van der Waals surface area contributed by atoms with Crippen LogP contribution in [0.15, 0.2) is 17.2 Å². The summed E-state index contributed by atoms with van der Waals surface area (Å²) in [5.41, 5.74) is 9.20. The highest BCUT2D eigenvalue weighted by atomic mass is 16.4. The van der Waals surface area contributed by atoms with E-state index < -0.39 is 5.97 Å². The van der Waals surface area contributed by atoms with Crippen LogP contribution in [0.3, 0.4) is 0 Å². The van der Waals surface area contributed by atoms with E-state index >= 15 is 0 Å². The summed E-state index contributed by atoms with van der Waals surface area (Å²) in [6.45, 7) is 4.10. The van der Waals surface area contributed by atoms with Gasteiger partial charge in [0, 0.05) is 12.7 Å². The number of hydrogen-bond acceptors (Lipinski definition) is 4. The van der Waals surface area contributed by atoms with Gasteiger partial charge >= 0.3 is 5.97 Å². The lowest BCUT2D eigenvalue weighted by atomic mass is 10.1. The molecule has 0 fully saturated rings. The average Bonchev–Trinajstić information content (AvgIpc) is 2.28. The van der Waals surface area contributed by atoms with Gasteiger partial charge in [0.25, 0.3) is 0 Å². The summed E-state index contributed by atoms with van der Waals surface area (Å²) in [6.07, 6.45) is 0.726. The Morgan fingerprint density at radius 3 is 2.72 bits per heavy atom. The molecule has 98 valence electrons. The third-order valence-corrected chi connectivity index (χ3v) is 2.28. The first-order chi connectivity index (χ1) is 8.45. The normalized spacial score (nSPS) is 11.7. The summed E-state index contributed by atoms with van der Waals surface area (Å²) in [7, 11) is 1.59. The lowest BCUT2D eigenvalue weighted by molar-refractivity contribution is 0.0690. The van der Waals surface area contributed by atoms with E-state index in [0.717, 1.165) is 12.1 Å². The Bertz CT molecular complexity index is 469. The number of aromatic nitrogens is 1. The molecule has 0 atom stereocenters. The molecule has 1 heterocycles. The summed E-state index contributed by atoms with van der Waals surface area (Å²) < 4.78 is 0. The molecule has 1 rings (SSSR count). The van der Waals surface area contributed by atoms with Gasteiger partial charge in [0.05, 0.1) is 5.56 Å². The highest BCUT2D eigenvalue weighted by molar-refractivity contribution is 6.05. The average molecular weight is 250 g/mol. The van der Waals surface area contributed by atoms with Crippen LogP contribution >= 0.6 is 0 Å². The van der Waals surface area contributed by atoms with Gasteiger partial charge in [-0.25, -0.2) is 9.78 Å². The van der Waals surface area contributed by atoms with Gasteiger partial charge in [0.1, 0.15) is 0 Å². The predicted molar refractivity (Wildman–Crippen MR) is 69.5 cm³/mol. The minimum Gasteiger partial charge on any atom is -0.476 e. The second-order valence-electron chi connectivity index (χ2n) is 4.32. The van der Waals surface area contributed by atoms with Crippen molar-refractivity contribution in [2.24, 2.45) is 16.8 Å². The molecule has 0 amide bonds. The standard InChI is InChI=1S/C12H18N4O2/c1-7(2)6-8-4-5-9(11(13)16-14-3)10(15-8)12(17)18/h4-5,7,14H,6H2,1-3H3,(H2,13,16)(H,17,18). The van der Waals surface area contributed by atoms with E-state index in [9.17, 15) is 4.79 Å². The molecule has 0 saturated heterocycles. The van der Waals surface area contributed by atoms with Crippen LogP contribution in [0.1, 0.15) is 35.6 Å². The monoisotopic (exact) mass is 250 g/mol. The van der Waals surface area contributed by atoms with Crippen LogP contribution in [0.25, 0.3) is 0 Å². The Morgan fingerprint density at radius 1 is 1.56 bits per heavy atom. The summed E-state index contributed by atoms with van der Waals surface area (Å²) in [5.74, 6) is -0.586. The van der Waals surface area contributed by atoms with Gasteiger partial charge in [-0.2, -0.15) is 5.10 Å². The maximum atomic E-state index is 11.2. The zero-order valence-electron chi connectivity index (χ0n) is 10.8. The van der Waals surface area contributed by atoms with E-state index in [-0.39, 0.29) is 11.5 Å². The maximum Gasteiger partial charge on any atom is 0.355 e. The van der Waals surface area contributed by atoms with Crippen molar-refractivity contribution in [3.8, 4) is 0 Å². The van der Waals surface area contributed by atoms with Crippen molar-refractivity contribution in [3.05, 3.63) is 29.1 Å². The van der Waals surface area contributed by atoms with E-state index in [1.54, 1.807) is 19.2 Å². The van der Waals surface area contributed by atoms with Crippen LogP contribution in [0.4, 0.5) is 0 Å². The number of nitrogens with two attached hydrogens (primary N) is 1. The summed E-state index contributed by atoms with van der Waals surface area (Å²) >= 11 is 0. The molecule has 6 heteroatoms. The van der Waals surface area contributed by atoms with Gasteiger partial charge in [-0.1, -0.05) is 13.8 Å². The van der Waals surface area contributed by atoms with E-state index in [1.807, 2.05) is 13.8 Å². The fourth-order valence-electron chi connectivity index (χ4n) is 1.58. The van der Waals surface area contributed by atoms with Crippen molar-refractivity contribution in [2.45, 2.75) is 20.3 Å². The zero-order valence-corrected chi connectivity index (χ0v) is 10.8. The summed E-state index contributed by atoms with van der Waals surface area (Å²) in [6, 6.07) is 3.42. The van der Waals surface area contributed by atoms with Crippen molar-refractivity contribution in [1.82, 2.24) is 10.4 Å². The molecule has 0 aliphatic rings. The Morgan fingerprint density at radius 2 is 2.22 bits per heavy atom. The number of nitrogens with zero attached hydrogens (tertiary/aromatic N) is 2. The van der Waals surface area contributed by atoms with Crippen molar-refractivity contribution >= 4 is 11.8 Å². The summed E-state index contributed by atoms with van der Waals surface area (Å²) in [4.78, 5) is 15.3. The number of carbonyl (C=O) groups is 1. The van der Waals surface area contributed by atoms with Crippen molar-refractivity contribution in [3.63, 3.8) is 0 Å². The quantitative estimate of drug-likeness (QED) is 0.408. The molecule has 4 N–H and O–H groups in total. The number of pyridine rings is 1. The molecule has 18 heavy (non-hydrogen) atoms. The molecular weight excluding hydrogens is 232 g/mol. The molecule has 6 nitrogen and oxygen atoms in total. The molecule has 0 spiro atoms. The van der Waals surface area contributed by atoms with Crippen LogP contribution in [-0.2, 0) is 6.42 Å². The Labute approximate surface area is 106 Å². The van der Waals surface area contributed by atoms with E-state index in [4.69, 9.17) is 10.8 Å².